The number of carbonyl (C=O) groups is 1. The van der Waals surface area contributed by atoms with E-state index in [1.165, 1.54) is 0 Å². The standard InChI is InChI=1S/C26H32N4O2.C2H6/c1-19(8-7-15-29-18-20-9-3-4-10-22(20)25(29)31)28-16-13-21(14-17-28)30-24-12-6-5-11-23(24)27(2)26(30)32;1-2/h3-6,9-12,19,21H,7-8,13-18H2,1-2H3;1-2H3. The minimum Gasteiger partial charge on any atom is -0.334 e. The molecule has 2 aromatic carbocycles. The molecule has 182 valence electrons. The van der Waals surface area contributed by atoms with E-state index in [1.807, 2.05) is 66.8 Å². The van der Waals surface area contributed by atoms with E-state index in [0.29, 0.717) is 6.04 Å². The van der Waals surface area contributed by atoms with Crippen LogP contribution in [0.1, 0.15) is 68.4 Å². The fourth-order valence-electron chi connectivity index (χ4n) is 5.51. The molecule has 3 aromatic rings. The third-order valence-electron chi connectivity index (χ3n) is 7.43. The number of imidazole rings is 1. The SMILES string of the molecule is CC.CC(CCCN1Cc2ccccc2C1=O)N1CCC(n2c(=O)n(C)c3ccccc32)CC1. The van der Waals surface area contributed by atoms with Crippen LogP contribution in [0.4, 0.5) is 0 Å². The van der Waals surface area contributed by atoms with Gasteiger partial charge in [-0.15, -0.1) is 0 Å². The van der Waals surface area contributed by atoms with E-state index in [4.69, 9.17) is 0 Å². The Morgan fingerprint density at radius 3 is 2.29 bits per heavy atom. The maximum absolute atomic E-state index is 12.9. The normalized spacial score (nSPS) is 17.5. The molecule has 0 bridgehead atoms. The number of amides is 1. The van der Waals surface area contributed by atoms with Gasteiger partial charge in [-0.25, -0.2) is 4.79 Å². The minimum absolute atomic E-state index is 0.0916. The van der Waals surface area contributed by atoms with Gasteiger partial charge in [-0.1, -0.05) is 44.2 Å². The van der Waals surface area contributed by atoms with Crippen molar-refractivity contribution >= 4 is 16.9 Å². The third kappa shape index (κ3) is 4.56. The molecule has 6 nitrogen and oxygen atoms in total. The van der Waals surface area contributed by atoms with Crippen LogP contribution in [-0.2, 0) is 13.6 Å². The highest BCUT2D eigenvalue weighted by atomic mass is 16.2. The molecule has 1 aromatic heterocycles. The maximum Gasteiger partial charge on any atom is 0.329 e. The van der Waals surface area contributed by atoms with Gasteiger partial charge in [-0.2, -0.15) is 0 Å². The molecule has 1 atom stereocenters. The number of piperidine rings is 1. The number of carbonyl (C=O) groups excluding carboxylic acids is 1. The summed E-state index contributed by atoms with van der Waals surface area (Å²) < 4.78 is 3.77. The van der Waals surface area contributed by atoms with Crippen LogP contribution in [0.15, 0.2) is 53.3 Å². The number of para-hydroxylation sites is 2. The topological polar surface area (TPSA) is 50.5 Å². The molecule has 34 heavy (non-hydrogen) atoms. The number of hydrogen-bond donors (Lipinski definition) is 0. The third-order valence-corrected chi connectivity index (χ3v) is 7.43. The highest BCUT2D eigenvalue weighted by molar-refractivity contribution is 5.98. The average Bonchev–Trinajstić information content (AvgIpc) is 3.34. The number of hydrogen-bond acceptors (Lipinski definition) is 3. The summed E-state index contributed by atoms with van der Waals surface area (Å²) in [6.07, 6.45) is 4.10. The van der Waals surface area contributed by atoms with Crippen molar-refractivity contribution in [2.24, 2.45) is 7.05 Å². The van der Waals surface area contributed by atoms with Gasteiger partial charge in [-0.3, -0.25) is 13.9 Å². The van der Waals surface area contributed by atoms with E-state index in [2.05, 4.69) is 24.0 Å². The zero-order valence-corrected chi connectivity index (χ0v) is 21.0. The zero-order valence-electron chi connectivity index (χ0n) is 21.0. The quantitative estimate of drug-likeness (QED) is 0.527. The van der Waals surface area contributed by atoms with Crippen LogP contribution < -0.4 is 5.69 Å². The van der Waals surface area contributed by atoms with Crippen molar-refractivity contribution in [1.29, 1.82) is 0 Å². The van der Waals surface area contributed by atoms with E-state index < -0.39 is 0 Å². The van der Waals surface area contributed by atoms with Crippen molar-refractivity contribution in [3.63, 3.8) is 0 Å². The Hall–Kier alpha value is -2.86. The lowest BCUT2D eigenvalue weighted by Crippen LogP contribution is -2.42. The molecule has 1 saturated heterocycles. The fourth-order valence-corrected chi connectivity index (χ4v) is 5.51. The van der Waals surface area contributed by atoms with E-state index in [1.54, 1.807) is 4.57 Å². The molecule has 0 radical (unpaired) electrons. The smallest absolute Gasteiger partial charge is 0.329 e. The highest BCUT2D eigenvalue weighted by Crippen LogP contribution is 2.27. The Morgan fingerprint density at radius 1 is 0.941 bits per heavy atom. The number of rotatable bonds is 6. The van der Waals surface area contributed by atoms with Crippen molar-refractivity contribution in [2.45, 2.75) is 65.1 Å². The van der Waals surface area contributed by atoms with Crippen LogP contribution in [-0.4, -0.2) is 50.5 Å². The van der Waals surface area contributed by atoms with Crippen LogP contribution in [0.25, 0.3) is 11.0 Å². The minimum atomic E-state index is 0.0916. The first-order chi connectivity index (χ1) is 16.5. The largest absolute Gasteiger partial charge is 0.334 e. The van der Waals surface area contributed by atoms with Crippen molar-refractivity contribution in [3.05, 3.63) is 70.1 Å². The second kappa shape index (κ2) is 10.6. The van der Waals surface area contributed by atoms with Crippen molar-refractivity contribution in [1.82, 2.24) is 18.9 Å². The maximum atomic E-state index is 12.9. The zero-order chi connectivity index (χ0) is 24.2. The number of aromatic nitrogens is 2. The molecule has 0 spiro atoms. The first kappa shape index (κ1) is 24.3. The van der Waals surface area contributed by atoms with Gasteiger partial charge in [-0.05, 0) is 56.4 Å². The molecule has 2 aliphatic rings. The highest BCUT2D eigenvalue weighted by Gasteiger charge is 2.28. The van der Waals surface area contributed by atoms with Gasteiger partial charge in [0.25, 0.3) is 5.91 Å². The lowest BCUT2D eigenvalue weighted by molar-refractivity contribution is 0.0766. The van der Waals surface area contributed by atoms with Crippen LogP contribution in [0, 0.1) is 0 Å². The first-order valence-corrected chi connectivity index (χ1v) is 12.8. The number of nitrogens with zero attached hydrogens (tertiary/aromatic N) is 4. The summed E-state index contributed by atoms with van der Waals surface area (Å²) in [5.74, 6) is 0.176. The summed E-state index contributed by atoms with van der Waals surface area (Å²) >= 11 is 0. The molecule has 1 amide bonds. The van der Waals surface area contributed by atoms with E-state index in [9.17, 15) is 9.59 Å². The first-order valence-electron chi connectivity index (χ1n) is 12.8. The number of likely N-dealkylation sites (tertiary alicyclic amines) is 1. The second-order valence-corrected chi connectivity index (χ2v) is 9.34. The van der Waals surface area contributed by atoms with Gasteiger partial charge in [0, 0.05) is 50.9 Å². The Kier molecular flexibility index (Phi) is 7.57. The number of benzene rings is 2. The molecule has 2 aliphatic heterocycles. The molecular formula is C28H38N4O2. The molecular weight excluding hydrogens is 424 g/mol. The fraction of sp³-hybridized carbons (Fsp3) is 0.500. The van der Waals surface area contributed by atoms with Gasteiger partial charge in [0.05, 0.1) is 11.0 Å². The van der Waals surface area contributed by atoms with Crippen LogP contribution in [0.5, 0.6) is 0 Å². The molecule has 1 unspecified atom stereocenters. The summed E-state index contributed by atoms with van der Waals surface area (Å²) in [4.78, 5) is 29.9. The average molecular weight is 463 g/mol. The number of fused-ring (bicyclic) bond motifs is 2. The van der Waals surface area contributed by atoms with Crippen molar-refractivity contribution in [2.75, 3.05) is 19.6 Å². The Bertz CT molecular complexity index is 1190. The van der Waals surface area contributed by atoms with Gasteiger partial charge >= 0.3 is 5.69 Å². The van der Waals surface area contributed by atoms with Crippen LogP contribution in [0.2, 0.25) is 0 Å². The predicted molar refractivity (Wildman–Crippen MR) is 138 cm³/mol. The monoisotopic (exact) mass is 462 g/mol. The molecule has 0 N–H and O–H groups in total. The summed E-state index contributed by atoms with van der Waals surface area (Å²) in [6, 6.07) is 16.8. The van der Waals surface area contributed by atoms with E-state index in [-0.39, 0.29) is 17.6 Å². The summed E-state index contributed by atoms with van der Waals surface area (Å²) in [6.45, 7) is 9.88. The van der Waals surface area contributed by atoms with Gasteiger partial charge < -0.3 is 9.80 Å². The lowest BCUT2D eigenvalue weighted by Gasteiger charge is -2.36. The van der Waals surface area contributed by atoms with Crippen LogP contribution >= 0.6 is 0 Å². The van der Waals surface area contributed by atoms with Gasteiger partial charge in [0.2, 0.25) is 0 Å². The molecule has 0 aliphatic carbocycles. The Morgan fingerprint density at radius 2 is 1.59 bits per heavy atom. The van der Waals surface area contributed by atoms with Gasteiger partial charge in [0.15, 0.2) is 0 Å². The molecule has 0 saturated carbocycles. The molecule has 5 rings (SSSR count). The Labute approximate surface area is 202 Å². The van der Waals surface area contributed by atoms with Crippen molar-refractivity contribution < 1.29 is 4.79 Å². The molecule has 3 heterocycles. The molecule has 6 heteroatoms. The second-order valence-electron chi connectivity index (χ2n) is 9.34. The van der Waals surface area contributed by atoms with Crippen molar-refractivity contribution in [3.8, 4) is 0 Å². The predicted octanol–water partition coefficient (Wildman–Crippen LogP) is 4.83. The van der Waals surface area contributed by atoms with Crippen LogP contribution in [0.3, 0.4) is 0 Å². The summed E-state index contributed by atoms with van der Waals surface area (Å²) in [5, 5.41) is 0. The lowest BCUT2D eigenvalue weighted by atomic mass is 10.0. The van der Waals surface area contributed by atoms with Gasteiger partial charge in [0.1, 0.15) is 0 Å². The number of aryl methyl sites for hydroxylation is 1. The van der Waals surface area contributed by atoms with E-state index in [0.717, 1.165) is 74.0 Å². The summed E-state index contributed by atoms with van der Waals surface area (Å²) in [5.41, 5.74) is 4.16. The summed E-state index contributed by atoms with van der Waals surface area (Å²) in [7, 11) is 1.86. The Balaban J connectivity index is 0.00000133. The molecule has 1 fully saturated rings. The van der Waals surface area contributed by atoms with E-state index >= 15 is 0 Å².